The fourth-order valence-corrected chi connectivity index (χ4v) is 5.82. The minimum Gasteiger partial charge on any atom is -0.497 e. The van der Waals surface area contributed by atoms with E-state index in [9.17, 15) is 0 Å². The highest BCUT2D eigenvalue weighted by Gasteiger charge is 2.24. The van der Waals surface area contributed by atoms with Gasteiger partial charge in [-0.2, -0.15) is 0 Å². The van der Waals surface area contributed by atoms with E-state index in [4.69, 9.17) is 9.47 Å². The summed E-state index contributed by atoms with van der Waals surface area (Å²) in [6.45, 7) is 4.23. The molecular weight excluding hydrogens is 396 g/mol. The van der Waals surface area contributed by atoms with Crippen molar-refractivity contribution < 1.29 is 9.47 Å². The molecule has 1 saturated heterocycles. The Balaban J connectivity index is 1.43. The monoisotopic (exact) mass is 424 g/mol. The molecule has 0 saturated carbocycles. The molecule has 1 aromatic carbocycles. The van der Waals surface area contributed by atoms with Gasteiger partial charge in [0.15, 0.2) is 0 Å². The lowest BCUT2D eigenvalue weighted by atomic mass is 9.97. The number of ether oxygens (including phenoxy) is 2. The summed E-state index contributed by atoms with van der Waals surface area (Å²) in [5.74, 6) is 1.86. The molecule has 3 heterocycles. The van der Waals surface area contributed by atoms with E-state index in [1.165, 1.54) is 40.7 Å². The van der Waals surface area contributed by atoms with Crippen LogP contribution in [0.3, 0.4) is 0 Å². The number of hydrogen-bond acceptors (Lipinski definition) is 7. The molecule has 1 unspecified atom stereocenters. The van der Waals surface area contributed by atoms with E-state index in [2.05, 4.69) is 32.3 Å². The van der Waals surface area contributed by atoms with Gasteiger partial charge in [-0.05, 0) is 48.9 Å². The lowest BCUT2D eigenvalue weighted by molar-refractivity contribution is 0.0187. The second kappa shape index (κ2) is 8.88. The maximum atomic E-state index is 5.59. The number of rotatable bonds is 6. The van der Waals surface area contributed by atoms with Crippen LogP contribution in [0.15, 0.2) is 30.6 Å². The molecule has 158 valence electrons. The van der Waals surface area contributed by atoms with Gasteiger partial charge in [0.2, 0.25) is 0 Å². The summed E-state index contributed by atoms with van der Waals surface area (Å²) in [5, 5.41) is 4.93. The summed E-state index contributed by atoms with van der Waals surface area (Å²) >= 11 is 1.84. The minimum absolute atomic E-state index is 0.249. The molecule has 1 aliphatic heterocycles. The number of anilines is 1. The Morgan fingerprint density at radius 2 is 1.93 bits per heavy atom. The molecular formula is C23H28N4O2S. The standard InChI is InChI=1S/C23H28N4O2S/c1-28-17-8-6-16(7-9-17)19(27-10-12-29-13-11-27)14-24-22-21-18-4-2-3-5-20(18)30-23(21)26-15-25-22/h6-9,15,19H,2-5,10-14H2,1H3,(H,24,25,26). The Hall–Kier alpha value is -2.22. The average molecular weight is 425 g/mol. The van der Waals surface area contributed by atoms with Crippen LogP contribution in [0, 0.1) is 0 Å². The summed E-state index contributed by atoms with van der Waals surface area (Å²) in [6.07, 6.45) is 6.56. The number of nitrogens with zero attached hydrogens (tertiary/aromatic N) is 3. The van der Waals surface area contributed by atoms with E-state index in [0.29, 0.717) is 0 Å². The number of benzene rings is 1. The molecule has 7 heteroatoms. The van der Waals surface area contributed by atoms with Crippen LogP contribution in [-0.4, -0.2) is 54.8 Å². The summed E-state index contributed by atoms with van der Waals surface area (Å²) < 4.78 is 10.9. The van der Waals surface area contributed by atoms with Crippen molar-refractivity contribution in [2.24, 2.45) is 0 Å². The number of aryl methyl sites for hydroxylation is 2. The van der Waals surface area contributed by atoms with Crippen LogP contribution in [-0.2, 0) is 17.6 Å². The molecule has 6 nitrogen and oxygen atoms in total. The molecule has 2 aliphatic rings. The normalized spacial score (nSPS) is 18.2. The second-order valence-electron chi connectivity index (χ2n) is 7.93. The number of fused-ring (bicyclic) bond motifs is 3. The average Bonchev–Trinajstić information content (AvgIpc) is 3.20. The van der Waals surface area contributed by atoms with Gasteiger partial charge in [0.05, 0.1) is 31.8 Å². The lowest BCUT2D eigenvalue weighted by Gasteiger charge is -2.35. The first-order valence-electron chi connectivity index (χ1n) is 10.8. The number of aromatic nitrogens is 2. The Bertz CT molecular complexity index is 998. The third kappa shape index (κ3) is 3.89. The van der Waals surface area contributed by atoms with Gasteiger partial charge in [-0.3, -0.25) is 4.90 Å². The maximum Gasteiger partial charge on any atom is 0.138 e. The molecule has 1 fully saturated rings. The molecule has 3 aromatic rings. The molecule has 1 aliphatic carbocycles. The van der Waals surface area contributed by atoms with Crippen molar-refractivity contribution in [3.8, 4) is 5.75 Å². The number of nitrogens with one attached hydrogen (secondary N) is 1. The summed E-state index contributed by atoms with van der Waals surface area (Å²) in [5.41, 5.74) is 2.75. The van der Waals surface area contributed by atoms with Crippen molar-refractivity contribution in [3.05, 3.63) is 46.6 Å². The largest absolute Gasteiger partial charge is 0.497 e. The lowest BCUT2D eigenvalue weighted by Crippen LogP contribution is -2.41. The van der Waals surface area contributed by atoms with Crippen molar-refractivity contribution in [1.29, 1.82) is 0 Å². The summed E-state index contributed by atoms with van der Waals surface area (Å²) in [7, 11) is 1.71. The third-order valence-electron chi connectivity index (χ3n) is 6.20. The van der Waals surface area contributed by atoms with E-state index in [-0.39, 0.29) is 6.04 Å². The van der Waals surface area contributed by atoms with E-state index in [1.807, 2.05) is 23.5 Å². The summed E-state index contributed by atoms with van der Waals surface area (Å²) in [6, 6.07) is 8.67. The molecule has 0 spiro atoms. The van der Waals surface area contributed by atoms with Crippen LogP contribution >= 0.6 is 11.3 Å². The summed E-state index contributed by atoms with van der Waals surface area (Å²) in [4.78, 5) is 14.3. The van der Waals surface area contributed by atoms with E-state index in [1.54, 1.807) is 13.4 Å². The van der Waals surface area contributed by atoms with Crippen molar-refractivity contribution in [2.75, 3.05) is 45.3 Å². The van der Waals surface area contributed by atoms with Crippen LogP contribution in [0.2, 0.25) is 0 Å². The van der Waals surface area contributed by atoms with Gasteiger partial charge < -0.3 is 14.8 Å². The molecule has 5 rings (SSSR count). The predicted molar refractivity (Wildman–Crippen MR) is 121 cm³/mol. The van der Waals surface area contributed by atoms with Crippen LogP contribution in [0.1, 0.15) is 34.9 Å². The fourth-order valence-electron chi connectivity index (χ4n) is 4.59. The van der Waals surface area contributed by atoms with Crippen molar-refractivity contribution >= 4 is 27.4 Å². The Labute approximate surface area is 181 Å². The number of hydrogen-bond donors (Lipinski definition) is 1. The number of morpholine rings is 1. The maximum absolute atomic E-state index is 5.59. The van der Waals surface area contributed by atoms with Crippen LogP contribution in [0.4, 0.5) is 5.82 Å². The van der Waals surface area contributed by atoms with E-state index >= 15 is 0 Å². The van der Waals surface area contributed by atoms with Crippen molar-refractivity contribution in [2.45, 2.75) is 31.7 Å². The van der Waals surface area contributed by atoms with Gasteiger partial charge in [-0.15, -0.1) is 11.3 Å². The van der Waals surface area contributed by atoms with Gasteiger partial charge in [0, 0.05) is 24.5 Å². The molecule has 0 radical (unpaired) electrons. The Morgan fingerprint density at radius 3 is 2.73 bits per heavy atom. The van der Waals surface area contributed by atoms with Gasteiger partial charge in [0.25, 0.3) is 0 Å². The molecule has 1 atom stereocenters. The van der Waals surface area contributed by atoms with Crippen molar-refractivity contribution in [1.82, 2.24) is 14.9 Å². The van der Waals surface area contributed by atoms with Gasteiger partial charge in [0.1, 0.15) is 22.7 Å². The molecule has 30 heavy (non-hydrogen) atoms. The number of methoxy groups -OCH3 is 1. The van der Waals surface area contributed by atoms with E-state index in [0.717, 1.165) is 55.7 Å². The van der Waals surface area contributed by atoms with Gasteiger partial charge in [-0.1, -0.05) is 12.1 Å². The zero-order chi connectivity index (χ0) is 20.3. The quantitative estimate of drug-likeness (QED) is 0.644. The zero-order valence-electron chi connectivity index (χ0n) is 17.4. The molecule has 1 N–H and O–H groups in total. The van der Waals surface area contributed by atoms with Crippen molar-refractivity contribution in [3.63, 3.8) is 0 Å². The molecule has 0 amide bonds. The van der Waals surface area contributed by atoms with Gasteiger partial charge >= 0.3 is 0 Å². The fraction of sp³-hybridized carbons (Fsp3) is 0.478. The highest BCUT2D eigenvalue weighted by atomic mass is 32.1. The number of thiophene rings is 1. The first-order valence-corrected chi connectivity index (χ1v) is 11.6. The predicted octanol–water partition coefficient (Wildman–Crippen LogP) is 4.06. The topological polar surface area (TPSA) is 59.5 Å². The van der Waals surface area contributed by atoms with Crippen LogP contribution in [0.25, 0.3) is 10.2 Å². The van der Waals surface area contributed by atoms with E-state index < -0.39 is 0 Å². The smallest absolute Gasteiger partial charge is 0.138 e. The molecule has 0 bridgehead atoms. The van der Waals surface area contributed by atoms with Crippen LogP contribution < -0.4 is 10.1 Å². The SMILES string of the molecule is COc1ccc(C(CNc2ncnc3sc4c(c23)CCCC4)N2CCOCC2)cc1. The third-order valence-corrected chi connectivity index (χ3v) is 7.40. The van der Waals surface area contributed by atoms with Crippen LogP contribution in [0.5, 0.6) is 5.75 Å². The second-order valence-corrected chi connectivity index (χ2v) is 9.02. The first-order chi connectivity index (χ1) is 14.8. The highest BCUT2D eigenvalue weighted by molar-refractivity contribution is 7.19. The minimum atomic E-state index is 0.249. The van der Waals surface area contributed by atoms with Gasteiger partial charge in [-0.25, -0.2) is 9.97 Å². The first kappa shape index (κ1) is 19.7. The zero-order valence-corrected chi connectivity index (χ0v) is 18.2. The molecule has 2 aromatic heterocycles. The Kier molecular flexibility index (Phi) is 5.84. The highest BCUT2D eigenvalue weighted by Crippen LogP contribution is 2.38. The Morgan fingerprint density at radius 1 is 1.13 bits per heavy atom.